The van der Waals surface area contributed by atoms with E-state index in [0.29, 0.717) is 6.04 Å². The number of carbonyl (C=O) groups excluding carboxylic acids is 1. The molecule has 4 nitrogen and oxygen atoms in total. The summed E-state index contributed by atoms with van der Waals surface area (Å²) < 4.78 is 2.52. The van der Waals surface area contributed by atoms with Gasteiger partial charge in [0.15, 0.2) is 0 Å². The maximum absolute atomic E-state index is 12.3. The molecular formula is C14H16BrN3O. The number of nitrogens with one attached hydrogen (secondary N) is 1. The van der Waals surface area contributed by atoms with Gasteiger partial charge in [-0.3, -0.25) is 9.55 Å². The predicted octanol–water partition coefficient (Wildman–Crippen LogP) is 3.69. The average Bonchev–Trinajstić information content (AvgIpc) is 2.82. The molecule has 1 saturated carbocycles. The van der Waals surface area contributed by atoms with Gasteiger partial charge in [-0.05, 0) is 40.9 Å². The monoisotopic (exact) mass is 321 g/mol. The zero-order valence-electron chi connectivity index (χ0n) is 10.6. The molecule has 0 aliphatic heterocycles. The molecule has 0 unspecified atom stereocenters. The quantitative estimate of drug-likeness (QED) is 0.870. The lowest BCUT2D eigenvalue weighted by atomic mass is 9.96. The number of amides is 1. The Morgan fingerprint density at radius 3 is 2.95 bits per heavy atom. The summed E-state index contributed by atoms with van der Waals surface area (Å²) in [6, 6.07) is 4.05. The van der Waals surface area contributed by atoms with Crippen molar-refractivity contribution in [2.24, 2.45) is 0 Å². The normalized spacial score (nSPS) is 16.7. The van der Waals surface area contributed by atoms with E-state index in [2.05, 4.69) is 26.2 Å². The number of hydrogen-bond donors (Lipinski definition) is 1. The van der Waals surface area contributed by atoms with Crippen LogP contribution in [-0.2, 0) is 0 Å². The molecule has 1 amide bonds. The van der Waals surface area contributed by atoms with E-state index < -0.39 is 0 Å². The number of rotatable bonds is 1. The van der Waals surface area contributed by atoms with E-state index in [1.165, 1.54) is 19.3 Å². The first-order valence-electron chi connectivity index (χ1n) is 6.67. The Hall–Kier alpha value is -1.36. The van der Waals surface area contributed by atoms with Crippen molar-refractivity contribution < 1.29 is 4.79 Å². The van der Waals surface area contributed by atoms with Crippen molar-refractivity contribution in [3.8, 4) is 0 Å². The molecule has 1 fully saturated rings. The van der Waals surface area contributed by atoms with Crippen molar-refractivity contribution in [2.45, 2.75) is 38.1 Å². The average molecular weight is 322 g/mol. The van der Waals surface area contributed by atoms with Crippen LogP contribution in [0.1, 0.15) is 32.1 Å². The molecule has 1 aliphatic rings. The lowest BCUT2D eigenvalue weighted by Gasteiger charge is -2.22. The number of halogens is 1. The van der Waals surface area contributed by atoms with Gasteiger partial charge in [-0.25, -0.2) is 4.79 Å². The number of carbonyl (C=O) groups is 1. The molecular weight excluding hydrogens is 306 g/mol. The molecule has 0 aromatic carbocycles. The van der Waals surface area contributed by atoms with Crippen LogP contribution in [0.25, 0.3) is 11.0 Å². The minimum absolute atomic E-state index is 0.0539. The molecule has 0 bridgehead atoms. The predicted molar refractivity (Wildman–Crippen MR) is 78.2 cm³/mol. The molecule has 0 radical (unpaired) electrons. The van der Waals surface area contributed by atoms with Crippen LogP contribution < -0.4 is 5.32 Å². The van der Waals surface area contributed by atoms with Crippen molar-refractivity contribution in [3.05, 3.63) is 29.0 Å². The minimum Gasteiger partial charge on any atom is -0.335 e. The van der Waals surface area contributed by atoms with Crippen LogP contribution in [0.4, 0.5) is 4.79 Å². The molecule has 0 atom stereocenters. The van der Waals surface area contributed by atoms with Gasteiger partial charge in [-0.1, -0.05) is 19.3 Å². The highest BCUT2D eigenvalue weighted by Crippen LogP contribution is 2.20. The van der Waals surface area contributed by atoms with Gasteiger partial charge < -0.3 is 5.32 Å². The van der Waals surface area contributed by atoms with Gasteiger partial charge in [0, 0.05) is 22.9 Å². The second kappa shape index (κ2) is 5.33. The first-order chi connectivity index (χ1) is 9.24. The fourth-order valence-corrected chi connectivity index (χ4v) is 2.97. The van der Waals surface area contributed by atoms with Crippen LogP contribution in [0.5, 0.6) is 0 Å². The van der Waals surface area contributed by atoms with Crippen molar-refractivity contribution in [1.82, 2.24) is 14.9 Å². The number of pyridine rings is 1. The van der Waals surface area contributed by atoms with Gasteiger partial charge in [-0.2, -0.15) is 0 Å². The molecule has 3 rings (SSSR count). The van der Waals surface area contributed by atoms with E-state index in [9.17, 15) is 4.79 Å². The Labute approximate surface area is 120 Å². The molecule has 1 N–H and O–H groups in total. The zero-order chi connectivity index (χ0) is 13.2. The van der Waals surface area contributed by atoms with Crippen LogP contribution in [0, 0.1) is 0 Å². The van der Waals surface area contributed by atoms with Gasteiger partial charge in [0.05, 0.1) is 11.0 Å². The minimum atomic E-state index is -0.0539. The Morgan fingerprint density at radius 1 is 1.37 bits per heavy atom. The van der Waals surface area contributed by atoms with Crippen LogP contribution in [0.2, 0.25) is 0 Å². The summed E-state index contributed by atoms with van der Waals surface area (Å²) >= 11 is 3.39. The Balaban J connectivity index is 1.82. The summed E-state index contributed by atoms with van der Waals surface area (Å²) in [6.45, 7) is 0. The van der Waals surface area contributed by atoms with Gasteiger partial charge in [0.1, 0.15) is 0 Å². The van der Waals surface area contributed by atoms with Gasteiger partial charge >= 0.3 is 6.03 Å². The van der Waals surface area contributed by atoms with Crippen LogP contribution in [0.15, 0.2) is 29.0 Å². The first kappa shape index (κ1) is 12.7. The second-order valence-electron chi connectivity index (χ2n) is 5.03. The molecule has 19 heavy (non-hydrogen) atoms. The highest BCUT2D eigenvalue weighted by atomic mass is 79.9. The third kappa shape index (κ3) is 2.66. The third-order valence-corrected chi connectivity index (χ3v) is 4.09. The number of fused-ring (bicyclic) bond motifs is 1. The molecule has 2 heterocycles. The topological polar surface area (TPSA) is 46.9 Å². The Bertz CT molecular complexity index is 602. The number of nitrogens with zero attached hydrogens (tertiary/aromatic N) is 2. The van der Waals surface area contributed by atoms with Crippen LogP contribution in [-0.4, -0.2) is 21.6 Å². The Morgan fingerprint density at radius 2 is 2.16 bits per heavy atom. The summed E-state index contributed by atoms with van der Waals surface area (Å²) in [5.41, 5.74) is 1.67. The van der Waals surface area contributed by atoms with Crippen LogP contribution >= 0.6 is 15.9 Å². The van der Waals surface area contributed by atoms with Gasteiger partial charge in [0.25, 0.3) is 0 Å². The van der Waals surface area contributed by atoms with E-state index in [-0.39, 0.29) is 6.03 Å². The van der Waals surface area contributed by atoms with Crippen LogP contribution in [0.3, 0.4) is 0 Å². The van der Waals surface area contributed by atoms with Gasteiger partial charge in [0.2, 0.25) is 0 Å². The largest absolute Gasteiger partial charge is 0.335 e. The number of aromatic nitrogens is 2. The molecule has 0 saturated heterocycles. The summed E-state index contributed by atoms with van der Waals surface area (Å²) in [7, 11) is 0. The zero-order valence-corrected chi connectivity index (χ0v) is 12.2. The standard InChI is InChI=1S/C14H16BrN3O/c15-10-8-13-12(16-9-10)6-7-18(13)14(19)17-11-4-2-1-3-5-11/h6-9,11H,1-5H2,(H,17,19). The first-order valence-corrected chi connectivity index (χ1v) is 7.47. The summed E-state index contributed by atoms with van der Waals surface area (Å²) in [6.07, 6.45) is 9.42. The summed E-state index contributed by atoms with van der Waals surface area (Å²) in [4.78, 5) is 16.6. The van der Waals surface area contributed by atoms with E-state index in [4.69, 9.17) is 0 Å². The van der Waals surface area contributed by atoms with Crippen molar-refractivity contribution in [3.63, 3.8) is 0 Å². The molecule has 5 heteroatoms. The lowest BCUT2D eigenvalue weighted by molar-refractivity contribution is 0.235. The number of hydrogen-bond acceptors (Lipinski definition) is 2. The lowest BCUT2D eigenvalue weighted by Crippen LogP contribution is -2.38. The van der Waals surface area contributed by atoms with E-state index in [0.717, 1.165) is 28.3 Å². The Kier molecular flexibility index (Phi) is 3.55. The van der Waals surface area contributed by atoms with Crippen molar-refractivity contribution in [1.29, 1.82) is 0 Å². The smallest absolute Gasteiger partial charge is 0.326 e. The summed E-state index contributed by atoms with van der Waals surface area (Å²) in [5.74, 6) is 0. The van der Waals surface area contributed by atoms with E-state index >= 15 is 0 Å². The maximum Gasteiger partial charge on any atom is 0.326 e. The SMILES string of the molecule is O=C(NC1CCCCC1)n1ccc2ncc(Br)cc21. The van der Waals surface area contributed by atoms with E-state index in [1.807, 2.05) is 12.1 Å². The van der Waals surface area contributed by atoms with E-state index in [1.54, 1.807) is 17.0 Å². The highest BCUT2D eigenvalue weighted by molar-refractivity contribution is 9.10. The van der Waals surface area contributed by atoms with Crippen molar-refractivity contribution >= 4 is 33.0 Å². The van der Waals surface area contributed by atoms with Crippen molar-refractivity contribution in [2.75, 3.05) is 0 Å². The molecule has 100 valence electrons. The second-order valence-corrected chi connectivity index (χ2v) is 5.94. The molecule has 1 aliphatic carbocycles. The summed E-state index contributed by atoms with van der Waals surface area (Å²) in [5, 5.41) is 3.11. The molecule has 2 aromatic heterocycles. The fourth-order valence-electron chi connectivity index (χ4n) is 2.65. The third-order valence-electron chi connectivity index (χ3n) is 3.66. The maximum atomic E-state index is 12.3. The molecule has 0 spiro atoms. The van der Waals surface area contributed by atoms with Gasteiger partial charge in [-0.15, -0.1) is 0 Å². The molecule has 2 aromatic rings. The highest BCUT2D eigenvalue weighted by Gasteiger charge is 2.17. The fraction of sp³-hybridized carbons (Fsp3) is 0.429.